The Balaban J connectivity index is 1.99. The largest absolute Gasteiger partial charge is 0.304 e. The van der Waals surface area contributed by atoms with Crippen molar-refractivity contribution < 1.29 is 0 Å². The summed E-state index contributed by atoms with van der Waals surface area (Å²) < 4.78 is 0. The van der Waals surface area contributed by atoms with Crippen molar-refractivity contribution in [3.8, 4) is 0 Å². The summed E-state index contributed by atoms with van der Waals surface area (Å²) in [6, 6.07) is 1.91. The molecule has 2 aliphatic rings. The number of anilines is 1. The third-order valence-corrected chi connectivity index (χ3v) is 2.12. The van der Waals surface area contributed by atoms with Gasteiger partial charge in [0.2, 0.25) is 0 Å². The molecule has 0 amide bonds. The molecule has 3 heterocycles. The van der Waals surface area contributed by atoms with Gasteiger partial charge in [-0.25, -0.2) is 0 Å². The molecular formula is C8H7N5. The van der Waals surface area contributed by atoms with Crippen molar-refractivity contribution in [1.29, 1.82) is 0 Å². The molecule has 5 heteroatoms. The lowest BCUT2D eigenvalue weighted by Gasteiger charge is -2.13. The van der Waals surface area contributed by atoms with E-state index in [1.165, 1.54) is 0 Å². The Morgan fingerprint density at radius 3 is 3.31 bits per heavy atom. The van der Waals surface area contributed by atoms with Crippen molar-refractivity contribution in [3.63, 3.8) is 0 Å². The quantitative estimate of drug-likeness (QED) is 0.674. The molecule has 0 spiro atoms. The van der Waals surface area contributed by atoms with Crippen LogP contribution in [0.5, 0.6) is 0 Å². The van der Waals surface area contributed by atoms with Crippen molar-refractivity contribution in [2.75, 3.05) is 11.4 Å². The lowest BCUT2D eigenvalue weighted by Crippen LogP contribution is -2.26. The first kappa shape index (κ1) is 6.59. The summed E-state index contributed by atoms with van der Waals surface area (Å²) in [6.45, 7) is 0.824. The van der Waals surface area contributed by atoms with Crippen molar-refractivity contribution in [2.24, 2.45) is 10.2 Å². The van der Waals surface area contributed by atoms with Crippen LogP contribution in [0.3, 0.4) is 0 Å². The van der Waals surface area contributed by atoms with Gasteiger partial charge in [-0.3, -0.25) is 5.10 Å². The minimum atomic E-state index is 0.824. The zero-order valence-corrected chi connectivity index (χ0v) is 6.81. The average molecular weight is 173 g/mol. The number of hydrogen-bond acceptors (Lipinski definition) is 4. The van der Waals surface area contributed by atoms with Crippen LogP contribution in [0, 0.1) is 0 Å². The Bertz CT molecular complexity index is 412. The average Bonchev–Trinajstić information content (AvgIpc) is 2.79. The van der Waals surface area contributed by atoms with E-state index in [0.717, 1.165) is 23.8 Å². The number of nitrogens with one attached hydrogen (secondary N) is 1. The Morgan fingerprint density at radius 2 is 2.46 bits per heavy atom. The molecule has 1 aromatic rings. The molecule has 0 radical (unpaired) electrons. The maximum Gasteiger partial charge on any atom is 0.165 e. The fraction of sp³-hybridized carbons (Fsp3) is 0.125. The van der Waals surface area contributed by atoms with Crippen molar-refractivity contribution in [2.45, 2.75) is 0 Å². The summed E-state index contributed by atoms with van der Waals surface area (Å²) in [6.07, 6.45) is 5.65. The molecule has 13 heavy (non-hydrogen) atoms. The zero-order chi connectivity index (χ0) is 8.67. The van der Waals surface area contributed by atoms with Crippen LogP contribution in [-0.2, 0) is 0 Å². The van der Waals surface area contributed by atoms with Crippen LogP contribution < -0.4 is 4.90 Å². The second-order valence-corrected chi connectivity index (χ2v) is 2.87. The minimum Gasteiger partial charge on any atom is -0.304 e. The highest BCUT2D eigenvalue weighted by molar-refractivity contribution is 6.25. The Labute approximate surface area is 74.5 Å². The highest BCUT2D eigenvalue weighted by Crippen LogP contribution is 2.21. The molecule has 1 N–H and O–H groups in total. The van der Waals surface area contributed by atoms with Crippen LogP contribution in [0.15, 0.2) is 34.1 Å². The second-order valence-electron chi connectivity index (χ2n) is 2.87. The molecule has 0 atom stereocenters. The summed E-state index contributed by atoms with van der Waals surface area (Å²) in [4.78, 5) is 2.01. The topological polar surface area (TPSA) is 56.6 Å². The SMILES string of the molecule is C1=NN=C2C1=CCN2c1cc[nH]n1. The lowest BCUT2D eigenvalue weighted by molar-refractivity contribution is 1.03. The Kier molecular flexibility index (Phi) is 1.16. The summed E-state index contributed by atoms with van der Waals surface area (Å²) in [7, 11) is 0. The van der Waals surface area contributed by atoms with E-state index in [4.69, 9.17) is 0 Å². The first-order valence-electron chi connectivity index (χ1n) is 4.04. The van der Waals surface area contributed by atoms with Gasteiger partial charge in [0.1, 0.15) is 0 Å². The molecule has 5 nitrogen and oxygen atoms in total. The maximum atomic E-state index is 4.09. The lowest BCUT2D eigenvalue weighted by atomic mass is 10.3. The van der Waals surface area contributed by atoms with Gasteiger partial charge in [-0.2, -0.15) is 10.2 Å². The predicted octanol–water partition coefficient (Wildman–Crippen LogP) is 0.554. The number of H-pyrrole nitrogens is 1. The summed E-state index contributed by atoms with van der Waals surface area (Å²) >= 11 is 0. The summed E-state index contributed by atoms with van der Waals surface area (Å²) in [5.41, 5.74) is 1.09. The highest BCUT2D eigenvalue weighted by Gasteiger charge is 2.25. The normalized spacial score (nSPS) is 18.9. The standard InChI is InChI=1S/C8H7N5/c1-3-9-11-7(1)13-4-2-6-5-10-12-8(6)13/h1-3,5H,4H2,(H,9,11). The van der Waals surface area contributed by atoms with Gasteiger partial charge in [0.15, 0.2) is 11.7 Å². The molecular weight excluding hydrogens is 166 g/mol. The molecule has 0 bridgehead atoms. The minimum absolute atomic E-state index is 0.824. The van der Waals surface area contributed by atoms with Gasteiger partial charge >= 0.3 is 0 Å². The van der Waals surface area contributed by atoms with Gasteiger partial charge in [-0.15, -0.1) is 5.10 Å². The molecule has 3 rings (SSSR count). The van der Waals surface area contributed by atoms with Crippen molar-refractivity contribution >= 4 is 17.9 Å². The third-order valence-electron chi connectivity index (χ3n) is 2.12. The number of aromatic amines is 1. The summed E-state index contributed by atoms with van der Waals surface area (Å²) in [5, 5.41) is 14.7. The van der Waals surface area contributed by atoms with E-state index in [2.05, 4.69) is 26.5 Å². The first-order chi connectivity index (χ1) is 6.45. The van der Waals surface area contributed by atoms with Crippen molar-refractivity contribution in [1.82, 2.24) is 10.2 Å². The molecule has 0 aromatic carbocycles. The van der Waals surface area contributed by atoms with E-state index in [1.807, 2.05) is 11.0 Å². The van der Waals surface area contributed by atoms with Crippen LogP contribution in [0.25, 0.3) is 0 Å². The van der Waals surface area contributed by atoms with Crippen LogP contribution in [0.1, 0.15) is 0 Å². The second kappa shape index (κ2) is 2.29. The van der Waals surface area contributed by atoms with Gasteiger partial charge in [-0.05, 0) is 0 Å². The number of aromatic nitrogens is 2. The van der Waals surface area contributed by atoms with Crippen molar-refractivity contribution in [3.05, 3.63) is 23.9 Å². The number of nitrogens with zero attached hydrogens (tertiary/aromatic N) is 4. The molecule has 0 fully saturated rings. The van der Waals surface area contributed by atoms with Crippen LogP contribution >= 0.6 is 0 Å². The fourth-order valence-corrected chi connectivity index (χ4v) is 1.50. The Hall–Kier alpha value is -1.91. The van der Waals surface area contributed by atoms with E-state index < -0.39 is 0 Å². The third kappa shape index (κ3) is 0.837. The number of amidine groups is 1. The van der Waals surface area contributed by atoms with E-state index >= 15 is 0 Å². The molecule has 64 valence electrons. The number of fused-ring (bicyclic) bond motifs is 1. The zero-order valence-electron chi connectivity index (χ0n) is 6.81. The maximum absolute atomic E-state index is 4.09. The molecule has 0 aliphatic carbocycles. The molecule has 0 saturated heterocycles. The number of hydrogen-bond donors (Lipinski definition) is 1. The highest BCUT2D eigenvalue weighted by atomic mass is 15.4. The summed E-state index contributed by atoms with van der Waals surface area (Å²) in [5.74, 6) is 1.78. The molecule has 0 unspecified atom stereocenters. The fourth-order valence-electron chi connectivity index (χ4n) is 1.50. The van der Waals surface area contributed by atoms with Gasteiger partial charge < -0.3 is 4.90 Å². The van der Waals surface area contributed by atoms with Gasteiger partial charge in [-0.1, -0.05) is 6.08 Å². The molecule has 2 aliphatic heterocycles. The predicted molar refractivity (Wildman–Crippen MR) is 49.9 cm³/mol. The van der Waals surface area contributed by atoms with Crippen LogP contribution in [0.4, 0.5) is 5.82 Å². The van der Waals surface area contributed by atoms with Gasteiger partial charge in [0.25, 0.3) is 0 Å². The smallest absolute Gasteiger partial charge is 0.165 e. The number of rotatable bonds is 1. The Morgan fingerprint density at radius 1 is 1.46 bits per heavy atom. The monoisotopic (exact) mass is 173 g/mol. The van der Waals surface area contributed by atoms with E-state index in [-0.39, 0.29) is 0 Å². The van der Waals surface area contributed by atoms with Gasteiger partial charge in [0.05, 0.1) is 6.21 Å². The molecule has 0 saturated carbocycles. The van der Waals surface area contributed by atoms with Gasteiger partial charge in [0, 0.05) is 24.4 Å². The van der Waals surface area contributed by atoms with E-state index in [0.29, 0.717) is 0 Å². The van der Waals surface area contributed by atoms with E-state index in [9.17, 15) is 0 Å². The first-order valence-corrected chi connectivity index (χ1v) is 4.04. The molecule has 1 aromatic heterocycles. The van der Waals surface area contributed by atoms with Crippen LogP contribution in [-0.4, -0.2) is 28.8 Å². The van der Waals surface area contributed by atoms with Crippen LogP contribution in [0.2, 0.25) is 0 Å². The van der Waals surface area contributed by atoms with E-state index in [1.54, 1.807) is 12.4 Å².